The fourth-order valence-electron chi connectivity index (χ4n) is 2.24. The smallest absolute Gasteiger partial charge is 0.196 e. The number of benzene rings is 2. The summed E-state index contributed by atoms with van der Waals surface area (Å²) in [5, 5.41) is 0.947. The molecule has 0 radical (unpaired) electrons. The molecule has 0 N–H and O–H groups in total. The molecular weight excluding hydrogens is 330 g/mol. The second-order valence-electron chi connectivity index (χ2n) is 4.56. The van der Waals surface area contributed by atoms with Crippen LogP contribution in [0.5, 0.6) is 5.75 Å². The number of hydrogen-bond acceptors (Lipinski definition) is 3. The number of para-hydroxylation sites is 1. The topological polar surface area (TPSA) is 39.2 Å². The molecule has 3 aromatic rings. The summed E-state index contributed by atoms with van der Waals surface area (Å²) >= 11 is 3.42. The Kier molecular flexibility index (Phi) is 3.71. The minimum absolute atomic E-state index is 0.0786. The van der Waals surface area contributed by atoms with Crippen molar-refractivity contribution in [2.45, 2.75) is 0 Å². The number of methoxy groups -OCH3 is 1. The van der Waals surface area contributed by atoms with E-state index in [1.165, 1.54) is 0 Å². The number of hydrogen-bond donors (Lipinski definition) is 0. The van der Waals surface area contributed by atoms with Gasteiger partial charge in [0.15, 0.2) is 5.78 Å². The zero-order valence-electron chi connectivity index (χ0n) is 11.3. The highest BCUT2D eigenvalue weighted by Crippen LogP contribution is 2.27. The van der Waals surface area contributed by atoms with Crippen molar-refractivity contribution in [1.82, 2.24) is 4.98 Å². The van der Waals surface area contributed by atoms with Crippen LogP contribution in [0.1, 0.15) is 15.9 Å². The van der Waals surface area contributed by atoms with E-state index in [9.17, 15) is 4.79 Å². The van der Waals surface area contributed by atoms with E-state index in [2.05, 4.69) is 20.9 Å². The van der Waals surface area contributed by atoms with E-state index >= 15 is 0 Å². The van der Waals surface area contributed by atoms with Crippen LogP contribution in [0.15, 0.2) is 59.2 Å². The van der Waals surface area contributed by atoms with Crippen molar-refractivity contribution in [3.8, 4) is 5.75 Å². The van der Waals surface area contributed by atoms with Gasteiger partial charge in [-0.15, -0.1) is 0 Å². The molecule has 3 nitrogen and oxygen atoms in total. The number of halogens is 1. The number of fused-ring (bicyclic) bond motifs is 1. The van der Waals surface area contributed by atoms with Gasteiger partial charge < -0.3 is 4.74 Å². The van der Waals surface area contributed by atoms with Crippen LogP contribution in [0.3, 0.4) is 0 Å². The van der Waals surface area contributed by atoms with Crippen molar-refractivity contribution in [3.05, 3.63) is 70.3 Å². The minimum Gasteiger partial charge on any atom is -0.497 e. The van der Waals surface area contributed by atoms with Gasteiger partial charge >= 0.3 is 0 Å². The molecule has 0 saturated heterocycles. The first-order valence-electron chi connectivity index (χ1n) is 6.42. The van der Waals surface area contributed by atoms with E-state index in [0.717, 1.165) is 9.86 Å². The molecule has 21 heavy (non-hydrogen) atoms. The average Bonchev–Trinajstić information content (AvgIpc) is 2.54. The largest absolute Gasteiger partial charge is 0.497 e. The number of rotatable bonds is 3. The third-order valence-electron chi connectivity index (χ3n) is 3.30. The van der Waals surface area contributed by atoms with Crippen molar-refractivity contribution >= 4 is 32.6 Å². The number of ether oxygens (including phenoxy) is 1. The second-order valence-corrected chi connectivity index (χ2v) is 5.41. The third-order valence-corrected chi connectivity index (χ3v) is 3.99. The molecule has 0 amide bonds. The Morgan fingerprint density at radius 2 is 1.90 bits per heavy atom. The van der Waals surface area contributed by atoms with Crippen LogP contribution in [0.2, 0.25) is 0 Å². The average molecular weight is 342 g/mol. The van der Waals surface area contributed by atoms with E-state index in [1.807, 2.05) is 36.4 Å². The van der Waals surface area contributed by atoms with Gasteiger partial charge in [-0.2, -0.15) is 0 Å². The molecule has 0 unspecified atom stereocenters. The van der Waals surface area contributed by atoms with Crippen molar-refractivity contribution in [3.63, 3.8) is 0 Å². The van der Waals surface area contributed by atoms with Crippen LogP contribution >= 0.6 is 15.9 Å². The van der Waals surface area contributed by atoms with Gasteiger partial charge in [0, 0.05) is 27.2 Å². The molecule has 1 heterocycles. The van der Waals surface area contributed by atoms with E-state index in [1.54, 1.807) is 25.4 Å². The first-order chi connectivity index (χ1) is 10.2. The molecule has 0 fully saturated rings. The lowest BCUT2D eigenvalue weighted by Crippen LogP contribution is -2.04. The summed E-state index contributed by atoms with van der Waals surface area (Å²) in [6.07, 6.45) is 1.69. The standard InChI is InChI=1S/C17H12BrNO2/c1-21-12-7-8-15(18)14(10-12)17(20)13-6-2-4-11-5-3-9-19-16(11)13/h2-10H,1H3. The van der Waals surface area contributed by atoms with E-state index < -0.39 is 0 Å². The SMILES string of the molecule is COc1ccc(Br)c(C(=O)c2cccc3cccnc23)c1. The summed E-state index contributed by atoms with van der Waals surface area (Å²) in [6.45, 7) is 0. The van der Waals surface area contributed by atoms with Gasteiger partial charge in [0.05, 0.1) is 12.6 Å². The monoisotopic (exact) mass is 341 g/mol. The van der Waals surface area contributed by atoms with Crippen LogP contribution < -0.4 is 4.74 Å². The lowest BCUT2D eigenvalue weighted by Gasteiger charge is -2.08. The first kappa shape index (κ1) is 13.8. The third kappa shape index (κ3) is 2.54. The number of nitrogens with zero attached hydrogens (tertiary/aromatic N) is 1. The molecule has 0 aliphatic rings. The van der Waals surface area contributed by atoms with E-state index in [-0.39, 0.29) is 5.78 Å². The van der Waals surface area contributed by atoms with Gasteiger partial charge in [-0.05, 0) is 30.3 Å². The van der Waals surface area contributed by atoms with E-state index in [4.69, 9.17) is 4.74 Å². The van der Waals surface area contributed by atoms with Crippen molar-refractivity contribution in [2.75, 3.05) is 7.11 Å². The van der Waals surface area contributed by atoms with Gasteiger partial charge in [0.2, 0.25) is 0 Å². The summed E-state index contributed by atoms with van der Waals surface area (Å²) in [5.41, 5.74) is 1.86. The molecule has 104 valence electrons. The predicted octanol–water partition coefficient (Wildman–Crippen LogP) is 4.24. The summed E-state index contributed by atoms with van der Waals surface area (Å²) in [4.78, 5) is 17.2. The number of carbonyl (C=O) groups is 1. The van der Waals surface area contributed by atoms with Gasteiger partial charge in [-0.3, -0.25) is 9.78 Å². The van der Waals surface area contributed by atoms with Crippen molar-refractivity contribution < 1.29 is 9.53 Å². The van der Waals surface area contributed by atoms with Crippen molar-refractivity contribution in [2.24, 2.45) is 0 Å². The summed E-state index contributed by atoms with van der Waals surface area (Å²) < 4.78 is 5.93. The number of carbonyl (C=O) groups excluding carboxylic acids is 1. The Morgan fingerprint density at radius 3 is 2.71 bits per heavy atom. The fourth-order valence-corrected chi connectivity index (χ4v) is 2.66. The molecule has 4 heteroatoms. The second kappa shape index (κ2) is 5.66. The van der Waals surface area contributed by atoms with Crippen LogP contribution in [0, 0.1) is 0 Å². The lowest BCUT2D eigenvalue weighted by molar-refractivity contribution is 0.103. The zero-order chi connectivity index (χ0) is 14.8. The number of aromatic nitrogens is 1. The van der Waals surface area contributed by atoms with Crippen molar-refractivity contribution in [1.29, 1.82) is 0 Å². The Balaban J connectivity index is 2.17. The summed E-state index contributed by atoms with van der Waals surface area (Å²) in [7, 11) is 1.58. The highest BCUT2D eigenvalue weighted by atomic mass is 79.9. The Hall–Kier alpha value is -2.20. The normalized spacial score (nSPS) is 10.6. The van der Waals surface area contributed by atoms with Crippen LogP contribution in [0.4, 0.5) is 0 Å². The van der Waals surface area contributed by atoms with Crippen LogP contribution in [-0.2, 0) is 0 Å². The minimum atomic E-state index is -0.0786. The number of pyridine rings is 1. The molecule has 1 aromatic heterocycles. The molecule has 0 aliphatic carbocycles. The maximum absolute atomic E-state index is 12.8. The van der Waals surface area contributed by atoms with Gasteiger partial charge in [-0.25, -0.2) is 0 Å². The molecule has 0 saturated carbocycles. The first-order valence-corrected chi connectivity index (χ1v) is 7.22. The van der Waals surface area contributed by atoms with Gasteiger partial charge in [-0.1, -0.05) is 34.1 Å². The highest BCUT2D eigenvalue weighted by molar-refractivity contribution is 9.10. The maximum atomic E-state index is 12.8. The Labute approximate surface area is 130 Å². The van der Waals surface area contributed by atoms with E-state index in [0.29, 0.717) is 22.4 Å². The van der Waals surface area contributed by atoms with Crippen LogP contribution in [-0.4, -0.2) is 17.9 Å². The molecule has 0 atom stereocenters. The molecule has 3 rings (SSSR count). The molecule has 0 bridgehead atoms. The zero-order valence-corrected chi connectivity index (χ0v) is 12.9. The molecule has 0 spiro atoms. The van der Waals surface area contributed by atoms with Gasteiger partial charge in [0.1, 0.15) is 5.75 Å². The maximum Gasteiger partial charge on any atom is 0.196 e. The molecule has 2 aromatic carbocycles. The lowest BCUT2D eigenvalue weighted by atomic mass is 10.0. The van der Waals surface area contributed by atoms with Gasteiger partial charge in [0.25, 0.3) is 0 Å². The fraction of sp³-hybridized carbons (Fsp3) is 0.0588. The summed E-state index contributed by atoms with van der Waals surface area (Å²) in [6, 6.07) is 14.8. The summed E-state index contributed by atoms with van der Waals surface area (Å²) in [5.74, 6) is 0.569. The highest BCUT2D eigenvalue weighted by Gasteiger charge is 2.16. The molecular formula is C17H12BrNO2. The Bertz CT molecular complexity index is 825. The molecule has 0 aliphatic heterocycles. The number of ketones is 1. The predicted molar refractivity (Wildman–Crippen MR) is 85.9 cm³/mol. The quantitative estimate of drug-likeness (QED) is 0.669. The van der Waals surface area contributed by atoms with Crippen LogP contribution in [0.25, 0.3) is 10.9 Å². The Morgan fingerprint density at radius 1 is 1.10 bits per heavy atom.